The van der Waals surface area contributed by atoms with Crippen molar-refractivity contribution in [3.8, 4) is 5.75 Å². The number of carbonyl (C=O) groups excluding carboxylic acids is 1. The number of esters is 1. The maximum atomic E-state index is 11.4. The smallest absolute Gasteiger partial charge is 0.337 e. The highest BCUT2D eigenvalue weighted by atomic mass is 16.5. The van der Waals surface area contributed by atoms with Gasteiger partial charge in [-0.15, -0.1) is 0 Å². The fraction of sp³-hybridized carbons (Fsp3) is 0.389. The van der Waals surface area contributed by atoms with E-state index in [1.807, 2.05) is 0 Å². The molecular formula is C18H24O3. The van der Waals surface area contributed by atoms with E-state index in [1.54, 1.807) is 12.1 Å². The summed E-state index contributed by atoms with van der Waals surface area (Å²) in [6.45, 7) is 6.29. The predicted octanol–water partition coefficient (Wildman–Crippen LogP) is 4.41. The topological polar surface area (TPSA) is 46.5 Å². The Balaban J connectivity index is 2.67. The van der Waals surface area contributed by atoms with E-state index in [0.29, 0.717) is 12.0 Å². The molecule has 0 aliphatic carbocycles. The zero-order valence-electron chi connectivity index (χ0n) is 13.3. The Labute approximate surface area is 127 Å². The van der Waals surface area contributed by atoms with Gasteiger partial charge in [0.05, 0.1) is 12.7 Å². The van der Waals surface area contributed by atoms with Crippen LogP contribution in [0.3, 0.4) is 0 Å². The number of phenols is 1. The molecule has 0 bridgehead atoms. The maximum Gasteiger partial charge on any atom is 0.337 e. The summed E-state index contributed by atoms with van der Waals surface area (Å²) in [5.74, 6) is -0.309. The molecule has 0 atom stereocenters. The van der Waals surface area contributed by atoms with Crippen LogP contribution in [0.1, 0.15) is 49.5 Å². The molecule has 1 aromatic carbocycles. The van der Waals surface area contributed by atoms with Crippen molar-refractivity contribution in [1.82, 2.24) is 0 Å². The summed E-state index contributed by atoms with van der Waals surface area (Å²) >= 11 is 0. The molecule has 0 aliphatic heterocycles. The number of aromatic hydroxyl groups is 1. The van der Waals surface area contributed by atoms with Crippen molar-refractivity contribution in [2.45, 2.75) is 40.0 Å². The Bertz CT molecular complexity index is 550. The van der Waals surface area contributed by atoms with E-state index in [2.05, 4.69) is 37.7 Å². The molecule has 0 heterocycles. The summed E-state index contributed by atoms with van der Waals surface area (Å²) in [5, 5.41) is 9.95. The summed E-state index contributed by atoms with van der Waals surface area (Å²) in [4.78, 5) is 11.4. The summed E-state index contributed by atoms with van der Waals surface area (Å²) < 4.78 is 4.63. The van der Waals surface area contributed by atoms with Gasteiger partial charge in [0.2, 0.25) is 0 Å². The molecule has 3 nitrogen and oxygen atoms in total. The van der Waals surface area contributed by atoms with Crippen LogP contribution >= 0.6 is 0 Å². The Morgan fingerprint density at radius 1 is 1.24 bits per heavy atom. The van der Waals surface area contributed by atoms with Crippen LogP contribution < -0.4 is 0 Å². The average molecular weight is 288 g/mol. The van der Waals surface area contributed by atoms with Crippen LogP contribution in [0.2, 0.25) is 0 Å². The van der Waals surface area contributed by atoms with Crippen molar-refractivity contribution >= 4 is 5.97 Å². The van der Waals surface area contributed by atoms with Gasteiger partial charge in [-0.2, -0.15) is 0 Å². The first-order chi connectivity index (χ1) is 9.93. The van der Waals surface area contributed by atoms with Crippen molar-refractivity contribution in [1.29, 1.82) is 0 Å². The van der Waals surface area contributed by atoms with E-state index in [1.165, 1.54) is 24.3 Å². The number of benzene rings is 1. The normalized spacial score (nSPS) is 11.1. The zero-order chi connectivity index (χ0) is 15.8. The van der Waals surface area contributed by atoms with Crippen molar-refractivity contribution in [2.75, 3.05) is 7.11 Å². The molecule has 0 spiro atoms. The third kappa shape index (κ3) is 5.86. The third-order valence-electron chi connectivity index (χ3n) is 3.27. The van der Waals surface area contributed by atoms with Gasteiger partial charge in [0.15, 0.2) is 0 Å². The number of phenolic OH excluding ortho intramolecular Hbond substituents is 1. The first-order valence-corrected chi connectivity index (χ1v) is 7.13. The van der Waals surface area contributed by atoms with Crippen molar-refractivity contribution in [3.63, 3.8) is 0 Å². The number of hydrogen-bond donors (Lipinski definition) is 1. The lowest BCUT2D eigenvalue weighted by molar-refractivity contribution is 0.0600. The first-order valence-electron chi connectivity index (χ1n) is 7.13. The van der Waals surface area contributed by atoms with Crippen LogP contribution in [0.4, 0.5) is 0 Å². The summed E-state index contributed by atoms with van der Waals surface area (Å²) in [7, 11) is 1.33. The third-order valence-corrected chi connectivity index (χ3v) is 3.27. The maximum absolute atomic E-state index is 11.4. The van der Waals surface area contributed by atoms with Crippen LogP contribution in [0.25, 0.3) is 0 Å². The second kappa shape index (κ2) is 8.30. The average Bonchev–Trinajstić information content (AvgIpc) is 2.44. The SMILES string of the molecule is COC(=O)c1ccc(CC=C(C)CCC=C(C)C)c(O)c1. The van der Waals surface area contributed by atoms with E-state index >= 15 is 0 Å². The number of hydrogen-bond acceptors (Lipinski definition) is 3. The van der Waals surface area contributed by atoms with E-state index in [0.717, 1.165) is 18.4 Å². The Hall–Kier alpha value is -2.03. The van der Waals surface area contributed by atoms with Gasteiger partial charge in [-0.05, 0) is 57.7 Å². The molecule has 0 amide bonds. The molecule has 3 heteroatoms. The molecule has 1 N–H and O–H groups in total. The fourth-order valence-corrected chi connectivity index (χ4v) is 1.96. The monoisotopic (exact) mass is 288 g/mol. The van der Waals surface area contributed by atoms with E-state index < -0.39 is 5.97 Å². The Kier molecular flexibility index (Phi) is 6.73. The molecule has 21 heavy (non-hydrogen) atoms. The highest BCUT2D eigenvalue weighted by Crippen LogP contribution is 2.21. The minimum Gasteiger partial charge on any atom is -0.508 e. The standard InChI is InChI=1S/C18H24O3/c1-13(2)6-5-7-14(3)8-9-15-10-11-16(12-17(15)19)18(20)21-4/h6,8,10-12,19H,5,7,9H2,1-4H3. The van der Waals surface area contributed by atoms with Crippen molar-refractivity contribution in [2.24, 2.45) is 0 Å². The largest absolute Gasteiger partial charge is 0.508 e. The van der Waals surface area contributed by atoms with Gasteiger partial charge in [-0.3, -0.25) is 0 Å². The van der Waals surface area contributed by atoms with Crippen molar-refractivity contribution < 1.29 is 14.6 Å². The number of allylic oxidation sites excluding steroid dienone is 4. The van der Waals surface area contributed by atoms with E-state index in [-0.39, 0.29) is 5.75 Å². The van der Waals surface area contributed by atoms with Gasteiger partial charge < -0.3 is 9.84 Å². The second-order valence-electron chi connectivity index (χ2n) is 5.41. The van der Waals surface area contributed by atoms with E-state index in [9.17, 15) is 9.90 Å². The number of ether oxygens (including phenoxy) is 1. The second-order valence-corrected chi connectivity index (χ2v) is 5.41. The van der Waals surface area contributed by atoms with Gasteiger partial charge in [0.1, 0.15) is 5.75 Å². The molecule has 0 fully saturated rings. The lowest BCUT2D eigenvalue weighted by Crippen LogP contribution is -2.01. The van der Waals surface area contributed by atoms with Crippen LogP contribution in [-0.4, -0.2) is 18.2 Å². The molecule has 0 aliphatic rings. The highest BCUT2D eigenvalue weighted by molar-refractivity contribution is 5.89. The summed E-state index contributed by atoms with van der Waals surface area (Å²) in [6.07, 6.45) is 7.06. The molecule has 1 rings (SSSR count). The minimum atomic E-state index is -0.440. The lowest BCUT2D eigenvalue weighted by Gasteiger charge is -2.05. The van der Waals surface area contributed by atoms with Crippen LogP contribution in [0, 0.1) is 0 Å². The van der Waals surface area contributed by atoms with Gasteiger partial charge in [0, 0.05) is 0 Å². The minimum absolute atomic E-state index is 0.131. The number of methoxy groups -OCH3 is 1. The molecule has 114 valence electrons. The van der Waals surface area contributed by atoms with Crippen LogP contribution in [0.15, 0.2) is 41.5 Å². The first kappa shape index (κ1) is 17.0. The summed E-state index contributed by atoms with van der Waals surface area (Å²) in [6, 6.07) is 4.89. The zero-order valence-corrected chi connectivity index (χ0v) is 13.3. The molecular weight excluding hydrogens is 264 g/mol. The number of rotatable bonds is 6. The quantitative estimate of drug-likeness (QED) is 0.623. The molecule has 0 radical (unpaired) electrons. The van der Waals surface area contributed by atoms with Crippen molar-refractivity contribution in [3.05, 3.63) is 52.6 Å². The lowest BCUT2D eigenvalue weighted by atomic mass is 10.0. The van der Waals surface area contributed by atoms with Crippen LogP contribution in [0.5, 0.6) is 5.75 Å². The molecule has 0 saturated carbocycles. The molecule has 0 saturated heterocycles. The van der Waals surface area contributed by atoms with Gasteiger partial charge in [0.25, 0.3) is 0 Å². The number of carbonyl (C=O) groups is 1. The Morgan fingerprint density at radius 3 is 2.52 bits per heavy atom. The van der Waals surface area contributed by atoms with Crippen LogP contribution in [-0.2, 0) is 11.2 Å². The Morgan fingerprint density at radius 2 is 1.95 bits per heavy atom. The molecule has 0 unspecified atom stereocenters. The molecule has 1 aromatic rings. The van der Waals surface area contributed by atoms with Gasteiger partial charge >= 0.3 is 5.97 Å². The predicted molar refractivity (Wildman–Crippen MR) is 85.6 cm³/mol. The van der Waals surface area contributed by atoms with E-state index in [4.69, 9.17) is 0 Å². The van der Waals surface area contributed by atoms with Gasteiger partial charge in [-0.1, -0.05) is 29.4 Å². The summed E-state index contributed by atoms with van der Waals surface area (Å²) in [5.41, 5.74) is 3.80. The fourth-order valence-electron chi connectivity index (χ4n) is 1.96. The molecule has 0 aromatic heterocycles. The van der Waals surface area contributed by atoms with Gasteiger partial charge in [-0.25, -0.2) is 4.79 Å². The highest BCUT2D eigenvalue weighted by Gasteiger charge is 2.08.